The number of carbonyl (C=O) groups excluding carboxylic acids is 1. The molecule has 1 rings (SSSR count). The third-order valence-electron chi connectivity index (χ3n) is 2.11. The van der Waals surface area contributed by atoms with E-state index in [1.165, 1.54) is 0 Å². The van der Waals surface area contributed by atoms with Crippen LogP contribution in [0, 0.1) is 0 Å². The Morgan fingerprint density at radius 1 is 1.24 bits per heavy atom. The Morgan fingerprint density at radius 2 is 1.82 bits per heavy atom. The van der Waals surface area contributed by atoms with Crippen molar-refractivity contribution in [2.75, 3.05) is 17.6 Å². The van der Waals surface area contributed by atoms with Crippen molar-refractivity contribution in [3.63, 3.8) is 0 Å². The molecule has 0 fully saturated rings. The molecule has 0 aliphatic carbocycles. The monoisotopic (exact) mass is 235 g/mol. The molecule has 94 valence electrons. The lowest BCUT2D eigenvalue weighted by molar-refractivity contribution is -0.122. The van der Waals surface area contributed by atoms with Crippen LogP contribution in [-0.2, 0) is 4.79 Å². The van der Waals surface area contributed by atoms with Gasteiger partial charge in [0.05, 0.1) is 0 Å². The molecule has 17 heavy (non-hydrogen) atoms. The number of carbonyl (C=O) groups is 1. The smallest absolute Gasteiger partial charge is 0.222 e. The predicted octanol–water partition coefficient (Wildman–Crippen LogP) is 1.99. The minimum atomic E-state index is -0.168. The van der Waals surface area contributed by atoms with Crippen molar-refractivity contribution in [3.8, 4) is 0 Å². The maximum Gasteiger partial charge on any atom is 0.222 e. The van der Waals surface area contributed by atoms with Crippen LogP contribution in [0.5, 0.6) is 0 Å². The second-order valence-electron chi connectivity index (χ2n) is 5.10. The van der Waals surface area contributed by atoms with Gasteiger partial charge in [0.2, 0.25) is 5.91 Å². The molecular formula is C13H21N3O. The molecule has 0 aliphatic heterocycles. The van der Waals surface area contributed by atoms with Crippen LogP contribution >= 0.6 is 0 Å². The summed E-state index contributed by atoms with van der Waals surface area (Å²) in [6.07, 6.45) is 0.460. The van der Waals surface area contributed by atoms with Gasteiger partial charge in [0.1, 0.15) is 0 Å². The number of hydrogen-bond donors (Lipinski definition) is 3. The first kappa shape index (κ1) is 13.4. The zero-order chi connectivity index (χ0) is 12.9. The fourth-order valence-electron chi connectivity index (χ4n) is 1.40. The first-order chi connectivity index (χ1) is 7.87. The third kappa shape index (κ3) is 5.80. The highest BCUT2D eigenvalue weighted by Gasteiger charge is 2.12. The van der Waals surface area contributed by atoms with Crippen LogP contribution < -0.4 is 16.4 Å². The summed E-state index contributed by atoms with van der Waals surface area (Å²) in [6, 6.07) is 7.46. The maximum atomic E-state index is 11.5. The fourth-order valence-corrected chi connectivity index (χ4v) is 1.40. The molecule has 4 N–H and O–H groups in total. The highest BCUT2D eigenvalue weighted by atomic mass is 16.1. The average molecular weight is 235 g/mol. The minimum Gasteiger partial charge on any atom is -0.399 e. The molecule has 1 aromatic carbocycles. The Kier molecular flexibility index (Phi) is 4.37. The second-order valence-corrected chi connectivity index (χ2v) is 5.10. The summed E-state index contributed by atoms with van der Waals surface area (Å²) in [5.74, 6) is 0.0560. The summed E-state index contributed by atoms with van der Waals surface area (Å²) >= 11 is 0. The summed E-state index contributed by atoms with van der Waals surface area (Å²) in [5, 5.41) is 6.09. The average Bonchev–Trinajstić information content (AvgIpc) is 2.18. The third-order valence-corrected chi connectivity index (χ3v) is 2.11. The lowest BCUT2D eigenvalue weighted by Gasteiger charge is -2.20. The molecule has 0 unspecified atom stereocenters. The quantitative estimate of drug-likeness (QED) is 0.699. The molecule has 0 aliphatic rings. The molecular weight excluding hydrogens is 214 g/mol. The van der Waals surface area contributed by atoms with E-state index in [0.717, 1.165) is 11.4 Å². The number of nitrogens with one attached hydrogen (secondary N) is 2. The summed E-state index contributed by atoms with van der Waals surface area (Å²) in [5.41, 5.74) is 7.12. The van der Waals surface area contributed by atoms with E-state index in [-0.39, 0.29) is 11.4 Å². The van der Waals surface area contributed by atoms with Gasteiger partial charge in [-0.05, 0) is 45.0 Å². The molecule has 4 heteroatoms. The highest BCUT2D eigenvalue weighted by molar-refractivity contribution is 5.77. The molecule has 0 atom stereocenters. The van der Waals surface area contributed by atoms with Crippen molar-refractivity contribution in [3.05, 3.63) is 24.3 Å². The minimum absolute atomic E-state index is 0.0560. The topological polar surface area (TPSA) is 67.2 Å². The Hall–Kier alpha value is -1.71. The van der Waals surface area contributed by atoms with Gasteiger partial charge < -0.3 is 16.4 Å². The van der Waals surface area contributed by atoms with E-state index in [0.29, 0.717) is 13.0 Å². The SMILES string of the molecule is CC(C)(C)NC(=O)CCNc1ccc(N)cc1. The molecule has 0 saturated heterocycles. The zero-order valence-electron chi connectivity index (χ0n) is 10.7. The summed E-state index contributed by atoms with van der Waals surface area (Å²) < 4.78 is 0. The van der Waals surface area contributed by atoms with Gasteiger partial charge in [-0.15, -0.1) is 0 Å². The standard InChI is InChI=1S/C13H21N3O/c1-13(2,3)16-12(17)8-9-15-11-6-4-10(14)5-7-11/h4-7,15H,8-9,14H2,1-3H3,(H,16,17). The number of nitrogen functional groups attached to an aromatic ring is 1. The molecule has 0 aromatic heterocycles. The highest BCUT2D eigenvalue weighted by Crippen LogP contribution is 2.10. The lowest BCUT2D eigenvalue weighted by Crippen LogP contribution is -2.41. The van der Waals surface area contributed by atoms with E-state index < -0.39 is 0 Å². The van der Waals surface area contributed by atoms with Crippen molar-refractivity contribution in [2.45, 2.75) is 32.7 Å². The van der Waals surface area contributed by atoms with Crippen LogP contribution in [-0.4, -0.2) is 18.0 Å². The molecule has 0 heterocycles. The zero-order valence-corrected chi connectivity index (χ0v) is 10.7. The molecule has 0 radical (unpaired) electrons. The first-order valence-electron chi connectivity index (χ1n) is 5.77. The Balaban J connectivity index is 2.28. The van der Waals surface area contributed by atoms with Gasteiger partial charge in [0, 0.05) is 29.9 Å². The van der Waals surface area contributed by atoms with Crippen LogP contribution in [0.1, 0.15) is 27.2 Å². The summed E-state index contributed by atoms with van der Waals surface area (Å²) in [6.45, 7) is 6.53. The second kappa shape index (κ2) is 5.57. The van der Waals surface area contributed by atoms with Crippen LogP contribution in [0.4, 0.5) is 11.4 Å². The Morgan fingerprint density at radius 3 is 2.35 bits per heavy atom. The van der Waals surface area contributed by atoms with Gasteiger partial charge in [-0.3, -0.25) is 4.79 Å². The van der Waals surface area contributed by atoms with Crippen molar-refractivity contribution in [2.24, 2.45) is 0 Å². The molecule has 4 nitrogen and oxygen atoms in total. The number of nitrogens with two attached hydrogens (primary N) is 1. The van der Waals surface area contributed by atoms with E-state index in [2.05, 4.69) is 10.6 Å². The van der Waals surface area contributed by atoms with E-state index in [9.17, 15) is 4.79 Å². The van der Waals surface area contributed by atoms with Gasteiger partial charge in [-0.25, -0.2) is 0 Å². The van der Waals surface area contributed by atoms with Crippen LogP contribution in [0.3, 0.4) is 0 Å². The van der Waals surface area contributed by atoms with E-state index >= 15 is 0 Å². The largest absolute Gasteiger partial charge is 0.399 e. The van der Waals surface area contributed by atoms with E-state index in [1.54, 1.807) is 0 Å². The lowest BCUT2D eigenvalue weighted by atomic mass is 10.1. The number of anilines is 2. The van der Waals surface area contributed by atoms with E-state index in [4.69, 9.17) is 5.73 Å². The number of amides is 1. The number of hydrogen-bond acceptors (Lipinski definition) is 3. The van der Waals surface area contributed by atoms with Crippen molar-refractivity contribution in [1.29, 1.82) is 0 Å². The fraction of sp³-hybridized carbons (Fsp3) is 0.462. The molecule has 0 saturated carbocycles. The van der Waals surface area contributed by atoms with Gasteiger partial charge in [-0.1, -0.05) is 0 Å². The van der Waals surface area contributed by atoms with Crippen molar-refractivity contribution in [1.82, 2.24) is 5.32 Å². The van der Waals surface area contributed by atoms with Crippen LogP contribution in [0.25, 0.3) is 0 Å². The van der Waals surface area contributed by atoms with Crippen molar-refractivity contribution < 1.29 is 4.79 Å². The van der Waals surface area contributed by atoms with Crippen LogP contribution in [0.2, 0.25) is 0 Å². The molecule has 0 spiro atoms. The summed E-state index contributed by atoms with van der Waals surface area (Å²) in [7, 11) is 0. The van der Waals surface area contributed by atoms with Gasteiger partial charge in [0.15, 0.2) is 0 Å². The normalized spacial score (nSPS) is 11.0. The summed E-state index contributed by atoms with van der Waals surface area (Å²) in [4.78, 5) is 11.5. The van der Waals surface area contributed by atoms with Crippen LogP contribution in [0.15, 0.2) is 24.3 Å². The number of rotatable bonds is 4. The Labute approximate surface area is 103 Å². The van der Waals surface area contributed by atoms with Gasteiger partial charge >= 0.3 is 0 Å². The maximum absolute atomic E-state index is 11.5. The van der Waals surface area contributed by atoms with Gasteiger partial charge in [0.25, 0.3) is 0 Å². The predicted molar refractivity (Wildman–Crippen MR) is 71.9 cm³/mol. The van der Waals surface area contributed by atoms with Gasteiger partial charge in [-0.2, -0.15) is 0 Å². The molecule has 0 bridgehead atoms. The van der Waals surface area contributed by atoms with E-state index in [1.807, 2.05) is 45.0 Å². The van der Waals surface area contributed by atoms with Crippen molar-refractivity contribution >= 4 is 17.3 Å². The molecule has 1 aromatic rings. The molecule has 1 amide bonds. The number of benzene rings is 1. The first-order valence-corrected chi connectivity index (χ1v) is 5.77. The Bertz CT molecular complexity index is 365.